The van der Waals surface area contributed by atoms with Gasteiger partial charge < -0.3 is 15.2 Å². The van der Waals surface area contributed by atoms with Gasteiger partial charge in [0.25, 0.3) is 0 Å². The summed E-state index contributed by atoms with van der Waals surface area (Å²) in [6, 6.07) is 6.48. The predicted octanol–water partition coefficient (Wildman–Crippen LogP) is 3.67. The van der Waals surface area contributed by atoms with Crippen LogP contribution in [0.15, 0.2) is 22.7 Å². The molecule has 2 unspecified atom stereocenters. The molecule has 0 aliphatic heterocycles. The summed E-state index contributed by atoms with van der Waals surface area (Å²) in [5.41, 5.74) is 1.18. The third-order valence-corrected chi connectivity index (χ3v) is 4.59. The van der Waals surface area contributed by atoms with Crippen LogP contribution in [-0.2, 0) is 0 Å². The van der Waals surface area contributed by atoms with Crippen LogP contribution in [0.2, 0.25) is 0 Å². The number of hydrogen-bond acceptors (Lipinski definition) is 3. The second kappa shape index (κ2) is 8.16. The lowest BCUT2D eigenvalue weighted by molar-refractivity contribution is 0.102. The summed E-state index contributed by atoms with van der Waals surface area (Å²) in [6.07, 6.45) is 4.64. The van der Waals surface area contributed by atoms with E-state index < -0.39 is 6.10 Å². The number of nitrogens with one attached hydrogen (secondary N) is 1. The Balaban J connectivity index is 1.69. The SMILES string of the molecule is CCC(CC1CC1)NCC(O)COc1ccc(C)cc1Br. The van der Waals surface area contributed by atoms with Crippen LogP contribution in [0, 0.1) is 12.8 Å². The molecule has 1 aromatic rings. The molecule has 1 fully saturated rings. The van der Waals surface area contributed by atoms with Gasteiger partial charge in [0.1, 0.15) is 18.5 Å². The van der Waals surface area contributed by atoms with Gasteiger partial charge in [-0.1, -0.05) is 25.8 Å². The van der Waals surface area contributed by atoms with Crippen molar-refractivity contribution in [2.45, 2.75) is 51.7 Å². The molecule has 118 valence electrons. The fourth-order valence-corrected chi connectivity index (χ4v) is 3.03. The molecular weight excluding hydrogens is 330 g/mol. The van der Waals surface area contributed by atoms with Gasteiger partial charge in [-0.3, -0.25) is 0 Å². The Morgan fingerprint density at radius 2 is 2.19 bits per heavy atom. The van der Waals surface area contributed by atoms with Gasteiger partial charge in [-0.25, -0.2) is 0 Å². The maximum atomic E-state index is 10.0. The van der Waals surface area contributed by atoms with E-state index in [-0.39, 0.29) is 0 Å². The third-order valence-electron chi connectivity index (χ3n) is 3.97. The van der Waals surface area contributed by atoms with Crippen molar-refractivity contribution in [1.82, 2.24) is 5.32 Å². The average Bonchev–Trinajstić information content (AvgIpc) is 3.26. The minimum atomic E-state index is -0.480. The van der Waals surface area contributed by atoms with Gasteiger partial charge in [-0.2, -0.15) is 0 Å². The van der Waals surface area contributed by atoms with Crippen molar-refractivity contribution < 1.29 is 9.84 Å². The smallest absolute Gasteiger partial charge is 0.133 e. The van der Waals surface area contributed by atoms with E-state index in [9.17, 15) is 5.11 Å². The third kappa shape index (κ3) is 5.97. The highest BCUT2D eigenvalue weighted by molar-refractivity contribution is 9.10. The van der Waals surface area contributed by atoms with Crippen molar-refractivity contribution in [3.05, 3.63) is 28.2 Å². The summed E-state index contributed by atoms with van der Waals surface area (Å²) < 4.78 is 6.61. The molecule has 21 heavy (non-hydrogen) atoms. The molecule has 0 heterocycles. The van der Waals surface area contributed by atoms with Crippen LogP contribution < -0.4 is 10.1 Å². The van der Waals surface area contributed by atoms with Gasteiger partial charge in [0.2, 0.25) is 0 Å². The van der Waals surface area contributed by atoms with Gasteiger partial charge in [0.05, 0.1) is 4.47 Å². The molecule has 0 aromatic heterocycles. The number of rotatable bonds is 9. The molecule has 3 nitrogen and oxygen atoms in total. The van der Waals surface area contributed by atoms with Crippen LogP contribution in [-0.4, -0.2) is 30.4 Å². The van der Waals surface area contributed by atoms with Gasteiger partial charge >= 0.3 is 0 Å². The van der Waals surface area contributed by atoms with E-state index in [4.69, 9.17) is 4.74 Å². The van der Waals surface area contributed by atoms with E-state index in [0.29, 0.717) is 19.2 Å². The number of benzene rings is 1. The van der Waals surface area contributed by atoms with Gasteiger partial charge in [-0.15, -0.1) is 0 Å². The van der Waals surface area contributed by atoms with Crippen LogP contribution in [0.3, 0.4) is 0 Å². The summed E-state index contributed by atoms with van der Waals surface area (Å²) >= 11 is 3.48. The first-order valence-corrected chi connectivity index (χ1v) is 8.68. The minimum Gasteiger partial charge on any atom is -0.490 e. The largest absolute Gasteiger partial charge is 0.490 e. The number of aliphatic hydroxyl groups excluding tert-OH is 1. The average molecular weight is 356 g/mol. The molecule has 2 atom stereocenters. The number of aryl methyl sites for hydroxylation is 1. The number of halogens is 1. The number of hydrogen-bond donors (Lipinski definition) is 2. The van der Waals surface area contributed by atoms with Crippen molar-refractivity contribution in [3.8, 4) is 5.75 Å². The Bertz CT molecular complexity index is 448. The number of ether oxygens (including phenoxy) is 1. The Kier molecular flexibility index (Phi) is 6.52. The normalized spacial score (nSPS) is 17.5. The second-order valence-corrected chi connectivity index (χ2v) is 6.95. The Hall–Kier alpha value is -0.580. The first-order valence-electron chi connectivity index (χ1n) is 7.89. The van der Waals surface area contributed by atoms with Crippen molar-refractivity contribution in [2.24, 2.45) is 5.92 Å². The Labute approximate surface area is 136 Å². The van der Waals surface area contributed by atoms with Crippen LogP contribution in [0.5, 0.6) is 5.75 Å². The fourth-order valence-electron chi connectivity index (χ4n) is 2.42. The lowest BCUT2D eigenvalue weighted by atomic mass is 10.1. The molecule has 1 aromatic carbocycles. The molecule has 0 amide bonds. The predicted molar refractivity (Wildman–Crippen MR) is 89.8 cm³/mol. The summed E-state index contributed by atoms with van der Waals surface area (Å²) in [6.45, 7) is 5.15. The van der Waals surface area contributed by atoms with Crippen LogP contribution in [0.1, 0.15) is 38.2 Å². The summed E-state index contributed by atoms with van der Waals surface area (Å²) in [4.78, 5) is 0. The highest BCUT2D eigenvalue weighted by atomic mass is 79.9. The van der Waals surface area contributed by atoms with Crippen molar-refractivity contribution in [2.75, 3.05) is 13.2 Å². The molecule has 0 saturated heterocycles. The summed E-state index contributed by atoms with van der Waals surface area (Å²) in [5, 5.41) is 13.5. The van der Waals surface area contributed by atoms with E-state index in [0.717, 1.165) is 22.6 Å². The maximum Gasteiger partial charge on any atom is 0.133 e. The van der Waals surface area contributed by atoms with Crippen LogP contribution in [0.25, 0.3) is 0 Å². The summed E-state index contributed by atoms with van der Waals surface area (Å²) in [5.74, 6) is 1.70. The second-order valence-electron chi connectivity index (χ2n) is 6.09. The first kappa shape index (κ1) is 16.8. The zero-order chi connectivity index (χ0) is 15.2. The van der Waals surface area contributed by atoms with Crippen molar-refractivity contribution in [1.29, 1.82) is 0 Å². The Morgan fingerprint density at radius 1 is 1.43 bits per heavy atom. The molecule has 1 saturated carbocycles. The highest BCUT2D eigenvalue weighted by Crippen LogP contribution is 2.34. The topological polar surface area (TPSA) is 41.5 Å². The lowest BCUT2D eigenvalue weighted by Crippen LogP contribution is -2.38. The summed E-state index contributed by atoms with van der Waals surface area (Å²) in [7, 11) is 0. The van der Waals surface area contributed by atoms with Gasteiger partial charge in [-0.05, 0) is 59.3 Å². The quantitative estimate of drug-likeness (QED) is 0.710. The van der Waals surface area contributed by atoms with Crippen molar-refractivity contribution in [3.63, 3.8) is 0 Å². The molecule has 0 spiro atoms. The van der Waals surface area contributed by atoms with Crippen LogP contribution >= 0.6 is 15.9 Å². The number of aliphatic hydroxyl groups is 1. The van der Waals surface area contributed by atoms with E-state index >= 15 is 0 Å². The molecule has 2 rings (SSSR count). The molecule has 0 bridgehead atoms. The lowest BCUT2D eigenvalue weighted by Gasteiger charge is -2.20. The Morgan fingerprint density at radius 3 is 2.81 bits per heavy atom. The molecule has 2 N–H and O–H groups in total. The monoisotopic (exact) mass is 355 g/mol. The minimum absolute atomic E-state index is 0.314. The zero-order valence-electron chi connectivity index (χ0n) is 12.9. The maximum absolute atomic E-state index is 10.0. The van der Waals surface area contributed by atoms with Crippen LogP contribution in [0.4, 0.5) is 0 Å². The highest BCUT2D eigenvalue weighted by Gasteiger charge is 2.24. The fraction of sp³-hybridized carbons (Fsp3) is 0.647. The molecule has 1 aliphatic rings. The molecule has 0 radical (unpaired) electrons. The molecule has 4 heteroatoms. The standard InChI is InChI=1S/C17H26BrNO2/c1-3-14(9-13-5-6-13)19-10-15(20)11-21-17-7-4-12(2)8-16(17)18/h4,7-8,13-15,19-20H,3,5-6,9-11H2,1-2H3. The van der Waals surface area contributed by atoms with E-state index in [1.165, 1.54) is 24.8 Å². The van der Waals surface area contributed by atoms with E-state index in [1.807, 2.05) is 25.1 Å². The molecule has 1 aliphatic carbocycles. The zero-order valence-corrected chi connectivity index (χ0v) is 14.5. The van der Waals surface area contributed by atoms with Gasteiger partial charge in [0.15, 0.2) is 0 Å². The molecular formula is C17H26BrNO2. The van der Waals surface area contributed by atoms with Crippen molar-refractivity contribution >= 4 is 15.9 Å². The van der Waals surface area contributed by atoms with E-state index in [1.54, 1.807) is 0 Å². The van der Waals surface area contributed by atoms with E-state index in [2.05, 4.69) is 28.2 Å². The van der Waals surface area contributed by atoms with Gasteiger partial charge in [0, 0.05) is 12.6 Å². The first-order chi connectivity index (χ1) is 10.1.